The van der Waals surface area contributed by atoms with Crippen LogP contribution in [0.4, 0.5) is 0 Å². The monoisotopic (exact) mass is 1400 g/mol. The number of carbonyl (C=O) groups excluding carboxylic acids is 8. The van der Waals surface area contributed by atoms with Crippen LogP contribution in [0.25, 0.3) is 0 Å². The van der Waals surface area contributed by atoms with Crippen molar-refractivity contribution in [3.05, 3.63) is 82.9 Å². The minimum atomic E-state index is -1.64. The van der Waals surface area contributed by atoms with E-state index < -0.39 is 164 Å². The molecule has 3 fully saturated rings. The van der Waals surface area contributed by atoms with Gasteiger partial charge in [-0.05, 0) is 55.4 Å². The number of aliphatic hydroxyl groups excluding tert-OH is 1. The third kappa shape index (κ3) is 26.1. The summed E-state index contributed by atoms with van der Waals surface area (Å²) in [7, 11) is 2.37. The zero-order valence-electron chi connectivity index (χ0n) is 54.0. The quantitative estimate of drug-likeness (QED) is 0.0553. The Morgan fingerprint density at radius 2 is 1.28 bits per heavy atom. The van der Waals surface area contributed by atoms with Crippen LogP contribution in [0, 0.1) is 23.7 Å². The number of aromatic amines is 1. The first-order chi connectivity index (χ1) is 45.6. The third-order valence-electron chi connectivity index (χ3n) is 16.8. The number of aliphatic carboxylic acids is 4. The summed E-state index contributed by atoms with van der Waals surface area (Å²) in [6.07, 6.45) is -1.37. The predicted molar refractivity (Wildman–Crippen MR) is 353 cm³/mol. The third-order valence-corrected chi connectivity index (χ3v) is 19.7. The number of amides is 5. The van der Waals surface area contributed by atoms with E-state index in [9.17, 15) is 73.8 Å². The number of rotatable bonds is 24. The summed E-state index contributed by atoms with van der Waals surface area (Å²) in [6, 6.07) is 6.53. The number of nitrogens with zero attached hydrogens (tertiary/aromatic N) is 6. The summed E-state index contributed by atoms with van der Waals surface area (Å²) >= 11 is 6.27. The van der Waals surface area contributed by atoms with Gasteiger partial charge in [0.15, 0.2) is 17.3 Å². The van der Waals surface area contributed by atoms with Crippen molar-refractivity contribution in [3.63, 3.8) is 0 Å². The zero-order valence-corrected chi connectivity index (χ0v) is 56.4. The number of imidazole rings is 1. The van der Waals surface area contributed by atoms with Crippen molar-refractivity contribution in [1.82, 2.24) is 55.7 Å². The summed E-state index contributed by atoms with van der Waals surface area (Å²) in [5, 5.41) is 71.7. The molecule has 4 heterocycles. The molecule has 6 rings (SSSR count). The number of phenols is 1. The lowest BCUT2D eigenvalue weighted by atomic mass is 9.88. The van der Waals surface area contributed by atoms with Gasteiger partial charge >= 0.3 is 23.9 Å². The molecule has 2 aromatic carbocycles. The van der Waals surface area contributed by atoms with Gasteiger partial charge in [-0.25, -0.2) is 4.98 Å². The molecular formula is C64H88ClN11O18S2. The molecule has 0 aliphatic carbocycles. The van der Waals surface area contributed by atoms with E-state index in [1.807, 2.05) is 13.8 Å². The van der Waals surface area contributed by atoms with Gasteiger partial charge in [-0.1, -0.05) is 83.4 Å². The molecule has 0 spiro atoms. The number of hydrogen-bond donors (Lipinski definition) is 11. The Morgan fingerprint density at radius 3 is 1.83 bits per heavy atom. The molecule has 11 N–H and O–H groups in total. The molecule has 3 aromatic rings. The smallest absolute Gasteiger partial charge is 0.317 e. The average molecular weight is 1400 g/mol. The lowest BCUT2D eigenvalue weighted by Gasteiger charge is -2.33. The fourth-order valence-corrected chi connectivity index (χ4v) is 14.5. The second kappa shape index (κ2) is 38.4. The van der Waals surface area contributed by atoms with Gasteiger partial charge < -0.3 is 61.8 Å². The molecule has 0 unspecified atom stereocenters. The van der Waals surface area contributed by atoms with Crippen LogP contribution in [0.2, 0.25) is 5.02 Å². The first-order valence-corrected chi connectivity index (χ1v) is 34.7. The lowest BCUT2D eigenvalue weighted by Crippen LogP contribution is -2.55. The minimum Gasteiger partial charge on any atom is -0.506 e. The summed E-state index contributed by atoms with van der Waals surface area (Å²) < 4.78 is 0. The highest BCUT2D eigenvalue weighted by Gasteiger charge is 2.44. The topological polar surface area (TPSA) is 419 Å². The van der Waals surface area contributed by atoms with Gasteiger partial charge in [0.05, 0.1) is 74.1 Å². The summed E-state index contributed by atoms with van der Waals surface area (Å²) in [4.78, 5) is 180. The largest absolute Gasteiger partial charge is 0.506 e. The second-order valence-corrected chi connectivity index (χ2v) is 28.2. The fraction of sp³-hybridized carbons (Fsp3) is 0.578. The van der Waals surface area contributed by atoms with Crippen molar-refractivity contribution in [2.75, 3.05) is 96.6 Å². The van der Waals surface area contributed by atoms with Crippen LogP contribution in [0.5, 0.6) is 5.75 Å². The molecule has 1 aromatic heterocycles. The average Bonchev–Trinajstić information content (AvgIpc) is 1.61. The molecule has 0 radical (unpaired) electrons. The van der Waals surface area contributed by atoms with E-state index >= 15 is 14.4 Å². The molecule has 96 heavy (non-hydrogen) atoms. The Kier molecular flexibility index (Phi) is 31.0. The second-order valence-electron chi connectivity index (χ2n) is 25.2. The van der Waals surface area contributed by atoms with Crippen molar-refractivity contribution in [3.8, 4) is 5.75 Å². The van der Waals surface area contributed by atoms with E-state index in [4.69, 9.17) is 11.6 Å². The zero-order chi connectivity index (χ0) is 70.2. The van der Waals surface area contributed by atoms with Crippen LogP contribution in [-0.2, 0) is 76.8 Å². The Balaban J connectivity index is 1.30. The first kappa shape index (κ1) is 77.5. The van der Waals surface area contributed by atoms with E-state index in [-0.39, 0.29) is 132 Å². The maximum Gasteiger partial charge on any atom is 0.317 e. The Bertz CT molecular complexity index is 3160. The van der Waals surface area contributed by atoms with E-state index in [2.05, 4.69) is 31.2 Å². The number of hydrogen-bond acceptors (Lipinski definition) is 21. The van der Waals surface area contributed by atoms with Gasteiger partial charge in [-0.15, -0.1) is 0 Å². The number of carboxylic acid groups (broad SMARTS) is 4. The maximum absolute atomic E-state index is 15.2. The Hall–Kier alpha value is -7.52. The van der Waals surface area contributed by atoms with Gasteiger partial charge in [-0.2, -0.15) is 0 Å². The van der Waals surface area contributed by atoms with Crippen molar-refractivity contribution >= 4 is 104 Å². The number of halogens is 1. The number of ketones is 3. The van der Waals surface area contributed by atoms with Crippen LogP contribution in [-0.4, -0.2) is 269 Å². The molecule has 32 heteroatoms. The normalized spacial score (nSPS) is 23.3. The Morgan fingerprint density at radius 1 is 0.708 bits per heavy atom. The number of Topliss-reactive ketones (excluding diaryl/α,β-unsaturated/α-hetero) is 3. The molecule has 5 amide bonds. The summed E-state index contributed by atoms with van der Waals surface area (Å²) in [6.45, 7) is 4.56. The molecule has 3 saturated heterocycles. The fourth-order valence-electron chi connectivity index (χ4n) is 11.9. The SMILES string of the molecule is CC(C)C[C@@H]1CC(=O)[C@H](CC(=O)O)NC(=O)[C@H](Cc2ccc(O)c(Cl)c2)CC(=O)[C@@H]2C[C@@H](O)CN2C(=O)[C@@H](NC(=O)[C@@H](CC(=O)[C@H](Cc2ccccc2)NC(=O)CN2CCN(CC(=O)O)CCN(CC(=O)O)CCN(CC(=O)O)CC2)Cc2cnc[nH]2)CSSC[C@@H](C)NC1=O. The number of phenolic OH excluding ortho intramolecular Hbond substituents is 1. The maximum atomic E-state index is 15.2. The van der Waals surface area contributed by atoms with Gasteiger partial charge in [0.25, 0.3) is 0 Å². The summed E-state index contributed by atoms with van der Waals surface area (Å²) in [5.74, 6) is -14.4. The van der Waals surface area contributed by atoms with E-state index in [1.54, 1.807) is 56.9 Å². The Labute approximate surface area is 568 Å². The number of carboxylic acids is 4. The van der Waals surface area contributed by atoms with Gasteiger partial charge in [0.2, 0.25) is 29.5 Å². The number of nitrogens with one attached hydrogen (secondary N) is 5. The number of aromatic nitrogens is 2. The highest BCUT2D eigenvalue weighted by atomic mass is 35.5. The number of fused-ring (bicyclic) bond motifs is 1. The van der Waals surface area contributed by atoms with E-state index in [1.165, 1.54) is 41.5 Å². The molecule has 9 atom stereocenters. The molecule has 526 valence electrons. The van der Waals surface area contributed by atoms with Crippen LogP contribution >= 0.6 is 33.2 Å². The van der Waals surface area contributed by atoms with Crippen LogP contribution in [0.3, 0.4) is 0 Å². The minimum absolute atomic E-state index is 0.0411. The number of benzene rings is 2. The molecule has 29 nitrogen and oxygen atoms in total. The van der Waals surface area contributed by atoms with E-state index in [0.717, 1.165) is 15.7 Å². The van der Waals surface area contributed by atoms with Gasteiger partial charge in [-0.3, -0.25) is 77.1 Å². The van der Waals surface area contributed by atoms with Gasteiger partial charge in [0, 0.05) is 132 Å². The standard InChI is InChI=1S/C64H88ClN11O18S2/c1-38(2)19-42-24-54(80)49(28-57(83)84)70-62(92)43(20-41-9-10-52(78)47(65)21-41)26-55(81)51-27-46(77)30-76(51)64(94)50(36-96-95-35-39(3)68-61(42)91)71-63(93)44(23-45-29-66-37-67-45)25-53(79)48(22-40-7-5-4-6-8-40)69-56(82)31-72-11-13-73(32-58(85)86)15-17-75(34-60(89)90)18-16-74(14-12-72)33-59(87)88/h4-10,21,29,37-39,42-44,46,48-51,77-78H,11-20,22-28,30-36H2,1-3H3,(H,66,67)(H,68,91)(H,69,82)(H,70,92)(H,71,93)(H,83,84)(H,85,86)(H,87,88)(H,89,90)/t39-,42-,43-,44-,46-,48+,49+,50+,51+/m1/s1. The molecule has 0 saturated carbocycles. The van der Waals surface area contributed by atoms with Crippen LogP contribution in [0.1, 0.15) is 76.1 Å². The van der Waals surface area contributed by atoms with Crippen molar-refractivity contribution in [2.45, 2.75) is 115 Å². The van der Waals surface area contributed by atoms with Gasteiger partial charge in [0.1, 0.15) is 11.8 Å². The van der Waals surface area contributed by atoms with Crippen molar-refractivity contribution < 1.29 is 88.2 Å². The van der Waals surface area contributed by atoms with Crippen molar-refractivity contribution in [1.29, 1.82) is 0 Å². The molecular weight excluding hydrogens is 1310 g/mol. The lowest BCUT2D eigenvalue weighted by molar-refractivity contribution is -0.142. The number of carbonyl (C=O) groups is 12. The highest BCUT2D eigenvalue weighted by molar-refractivity contribution is 8.76. The van der Waals surface area contributed by atoms with Crippen LogP contribution in [0.15, 0.2) is 61.1 Å². The predicted octanol–water partition coefficient (Wildman–Crippen LogP) is 0.835. The number of H-pyrrole nitrogens is 1. The molecule has 3 aliphatic rings. The van der Waals surface area contributed by atoms with E-state index in [0.29, 0.717) is 16.8 Å². The molecule has 3 aliphatic heterocycles. The summed E-state index contributed by atoms with van der Waals surface area (Å²) in [5.41, 5.74) is 1.42. The number of aromatic hydroxyl groups is 1. The first-order valence-electron chi connectivity index (χ1n) is 31.9. The highest BCUT2D eigenvalue weighted by Crippen LogP contribution is 2.31. The molecule has 0 bridgehead atoms. The van der Waals surface area contributed by atoms with Crippen LogP contribution < -0.4 is 21.3 Å². The number of aliphatic hydroxyl groups is 1. The van der Waals surface area contributed by atoms with Crippen molar-refractivity contribution in [2.24, 2.45) is 23.7 Å².